The molecule has 0 aromatic carbocycles. The van der Waals surface area contributed by atoms with E-state index in [2.05, 4.69) is 29.9 Å². The Bertz CT molecular complexity index is 2140. The Morgan fingerprint density at radius 3 is 2.43 bits per heavy atom. The van der Waals surface area contributed by atoms with E-state index in [4.69, 9.17) is 40.0 Å². The zero-order valence-corrected chi connectivity index (χ0v) is 24.7. The number of fused-ring (bicyclic) bond motifs is 3. The summed E-state index contributed by atoms with van der Waals surface area (Å²) in [7, 11) is -10.2. The van der Waals surface area contributed by atoms with Crippen LogP contribution in [0.25, 0.3) is 22.3 Å². The smallest absolute Gasteiger partial charge is 0.509 e. The first-order chi connectivity index (χ1) is 21.7. The second-order valence-electron chi connectivity index (χ2n) is 10.2. The second-order valence-corrected chi connectivity index (χ2v) is 13.0. The van der Waals surface area contributed by atoms with Crippen LogP contribution in [0.15, 0.2) is 40.3 Å². The molecule has 6 heterocycles. The molecule has 0 radical (unpaired) electrons. The molecule has 23 nitrogen and oxygen atoms in total. The average molecular weight is 683 g/mol. The summed E-state index contributed by atoms with van der Waals surface area (Å²) in [5.41, 5.74) is 16.4. The van der Waals surface area contributed by atoms with E-state index < -0.39 is 76.2 Å². The zero-order valence-electron chi connectivity index (χ0n) is 22.9. The molecule has 244 valence electrons. The van der Waals surface area contributed by atoms with Crippen molar-refractivity contribution in [1.29, 1.82) is 0 Å². The van der Waals surface area contributed by atoms with Gasteiger partial charge in [-0.1, -0.05) is 0 Å². The van der Waals surface area contributed by atoms with Gasteiger partial charge >= 0.3 is 15.6 Å². The number of rotatable bonds is 2. The number of aliphatic hydroxyl groups is 2. The Balaban J connectivity index is 1.23. The lowest BCUT2D eigenvalue weighted by molar-refractivity contribution is -0.0135. The van der Waals surface area contributed by atoms with E-state index in [1.807, 2.05) is 0 Å². The standard InChI is InChI=1S/C21H23N11O12P2/c22-15-9-16(28-20(23)27-15)32(5-25-9)19-12(34)14-8(42-19)3-41-46(38,39)43-13-7(1-6(11(13)33)2-40-45(36,37)44-14)31-4-26-10-17(31)29-21(24)30-18(10)35/h4-5,7,12-13,19,33-34H,1-3H2,(H,36,37)(H,38,39)(H4,22,23,27,28)(H3,24,29,30,35)/t7-,12?,13?,19-/m1/s1. The number of nitrogens with zero attached hydrogens (tertiary/aromatic N) is 7. The van der Waals surface area contributed by atoms with Crippen LogP contribution in [0.1, 0.15) is 18.7 Å². The van der Waals surface area contributed by atoms with Gasteiger partial charge in [0.2, 0.25) is 18.1 Å². The van der Waals surface area contributed by atoms with Crippen molar-refractivity contribution in [3.8, 4) is 0 Å². The number of nitrogens with two attached hydrogens (primary N) is 3. The van der Waals surface area contributed by atoms with Crippen LogP contribution in [0.2, 0.25) is 0 Å². The summed E-state index contributed by atoms with van der Waals surface area (Å²) >= 11 is 0. The summed E-state index contributed by atoms with van der Waals surface area (Å²) in [5, 5.41) is 22.1. The molecule has 0 spiro atoms. The number of anilines is 3. The zero-order chi connectivity index (χ0) is 32.7. The van der Waals surface area contributed by atoms with Gasteiger partial charge in [0.15, 0.2) is 40.3 Å². The number of ether oxygens (including phenoxy) is 1. The third-order valence-electron chi connectivity index (χ3n) is 7.28. The minimum atomic E-state index is -5.13. The molecule has 3 aliphatic rings. The van der Waals surface area contributed by atoms with Crippen LogP contribution in [0.5, 0.6) is 0 Å². The number of aliphatic hydroxyl groups excluding tert-OH is 2. The number of imidazole rings is 2. The van der Waals surface area contributed by atoms with E-state index >= 15 is 0 Å². The maximum Gasteiger partial charge on any atom is 0.527 e. The maximum atomic E-state index is 13.2. The molecule has 11 N–H and O–H groups in total. The molecule has 25 heteroatoms. The lowest BCUT2D eigenvalue weighted by Gasteiger charge is -2.24. The van der Waals surface area contributed by atoms with Gasteiger partial charge in [0.05, 0.1) is 19.0 Å². The number of hydrogen-bond acceptors (Lipinski definition) is 18. The summed E-state index contributed by atoms with van der Waals surface area (Å²) in [5.74, 6) is -2.39. The Labute approximate surface area is 254 Å². The molecule has 0 saturated heterocycles. The minimum Gasteiger partial charge on any atom is -0.509 e. The molecule has 6 atom stereocenters. The van der Waals surface area contributed by atoms with Gasteiger partial charge < -0.3 is 46.1 Å². The Hall–Kier alpha value is -4.60. The number of hydrogen-bond donors (Lipinski definition) is 8. The molecule has 7 rings (SSSR count). The normalized spacial score (nSPS) is 30.5. The van der Waals surface area contributed by atoms with Crippen molar-refractivity contribution in [1.82, 2.24) is 39.0 Å². The van der Waals surface area contributed by atoms with E-state index in [0.29, 0.717) is 0 Å². The lowest BCUT2D eigenvalue weighted by atomic mass is 10.1. The fourth-order valence-electron chi connectivity index (χ4n) is 5.28. The highest BCUT2D eigenvalue weighted by atomic mass is 31.2. The number of aromatic amines is 1. The third-order valence-corrected chi connectivity index (χ3v) is 9.11. The van der Waals surface area contributed by atoms with Gasteiger partial charge in [-0.2, -0.15) is 15.0 Å². The van der Waals surface area contributed by atoms with E-state index in [0.717, 1.165) is 0 Å². The predicted molar refractivity (Wildman–Crippen MR) is 151 cm³/mol. The van der Waals surface area contributed by atoms with Crippen LogP contribution in [-0.4, -0.2) is 84.5 Å². The SMILES string of the molecule is Nc1nc(N)c2ncn([C@@H]3OC4=C(OP(=O)(O)OCC5=C(O)C(OP(=O)(O)OC4)[C@H](n4cnc6c(=O)[nH]c(N)nc64)C5)C3O)c2n1. The van der Waals surface area contributed by atoms with E-state index in [1.54, 1.807) is 0 Å². The first-order valence-electron chi connectivity index (χ1n) is 13.0. The van der Waals surface area contributed by atoms with Crippen LogP contribution in [-0.2, 0) is 32.0 Å². The number of aromatic nitrogens is 8. The van der Waals surface area contributed by atoms with Gasteiger partial charge in [-0.3, -0.25) is 32.8 Å². The molecule has 0 fully saturated rings. The molecule has 46 heavy (non-hydrogen) atoms. The van der Waals surface area contributed by atoms with E-state index in [9.17, 15) is 33.9 Å². The first-order valence-corrected chi connectivity index (χ1v) is 16.0. The number of nitrogen functional groups attached to an aromatic ring is 3. The van der Waals surface area contributed by atoms with Crippen molar-refractivity contribution in [3.05, 3.63) is 45.9 Å². The van der Waals surface area contributed by atoms with Crippen molar-refractivity contribution >= 4 is 55.7 Å². The highest BCUT2D eigenvalue weighted by Crippen LogP contribution is 2.55. The topological polar surface area (TPSA) is 346 Å². The molecule has 0 saturated carbocycles. The highest BCUT2D eigenvalue weighted by Gasteiger charge is 2.47. The van der Waals surface area contributed by atoms with Crippen molar-refractivity contribution in [2.75, 3.05) is 30.4 Å². The molecule has 0 amide bonds. The first kappa shape index (κ1) is 30.1. The number of phosphoric ester groups is 2. The summed E-state index contributed by atoms with van der Waals surface area (Å²) in [6.07, 6.45) is -2.84. The van der Waals surface area contributed by atoms with Crippen LogP contribution in [0.3, 0.4) is 0 Å². The Morgan fingerprint density at radius 2 is 1.65 bits per heavy atom. The fraction of sp³-hybridized carbons (Fsp3) is 0.333. The number of H-pyrrole nitrogens is 1. The van der Waals surface area contributed by atoms with Crippen molar-refractivity contribution in [2.45, 2.75) is 30.9 Å². The predicted octanol–water partition coefficient (Wildman–Crippen LogP) is -0.786. The molecule has 2 bridgehead atoms. The van der Waals surface area contributed by atoms with Gasteiger partial charge in [-0.05, 0) is 12.0 Å². The van der Waals surface area contributed by atoms with E-state index in [-0.39, 0.29) is 52.0 Å². The van der Waals surface area contributed by atoms with Crippen LogP contribution >= 0.6 is 15.6 Å². The monoisotopic (exact) mass is 683 g/mol. The fourth-order valence-corrected chi connectivity index (χ4v) is 6.98. The van der Waals surface area contributed by atoms with Gasteiger partial charge in [0, 0.05) is 0 Å². The van der Waals surface area contributed by atoms with Crippen LogP contribution in [0.4, 0.5) is 17.7 Å². The van der Waals surface area contributed by atoms with E-state index in [1.165, 1.54) is 21.8 Å². The molecule has 4 aromatic heterocycles. The summed E-state index contributed by atoms with van der Waals surface area (Å²) in [6, 6.07) is -1.09. The third kappa shape index (κ3) is 5.04. The average Bonchev–Trinajstić information content (AvgIpc) is 3.72. The minimum absolute atomic E-state index is 0.0138. The molecule has 1 aliphatic carbocycles. The molecule has 4 unspecified atom stereocenters. The van der Waals surface area contributed by atoms with Crippen molar-refractivity contribution in [3.63, 3.8) is 0 Å². The van der Waals surface area contributed by atoms with Gasteiger partial charge in [0.25, 0.3) is 5.56 Å². The van der Waals surface area contributed by atoms with Gasteiger partial charge in [-0.25, -0.2) is 19.1 Å². The Kier molecular flexibility index (Phi) is 6.84. The molecule has 2 aliphatic heterocycles. The molecular formula is C21H23N11O12P2. The molecule has 4 aromatic rings. The van der Waals surface area contributed by atoms with Crippen molar-refractivity contribution in [2.24, 2.45) is 0 Å². The number of nitrogens with one attached hydrogen (secondary N) is 1. The Morgan fingerprint density at radius 1 is 0.957 bits per heavy atom. The number of phosphoric acid groups is 2. The largest absolute Gasteiger partial charge is 0.527 e. The van der Waals surface area contributed by atoms with Crippen LogP contribution < -0.4 is 22.8 Å². The molecular weight excluding hydrogens is 660 g/mol. The summed E-state index contributed by atoms with van der Waals surface area (Å²) in [4.78, 5) is 55.9. The lowest BCUT2D eigenvalue weighted by Crippen LogP contribution is -2.25. The van der Waals surface area contributed by atoms with Gasteiger partial charge in [0.1, 0.15) is 30.3 Å². The maximum absolute atomic E-state index is 13.2. The van der Waals surface area contributed by atoms with Gasteiger partial charge in [-0.15, -0.1) is 0 Å². The van der Waals surface area contributed by atoms with Crippen LogP contribution in [0, 0.1) is 0 Å². The highest BCUT2D eigenvalue weighted by molar-refractivity contribution is 7.47. The van der Waals surface area contributed by atoms with Crippen molar-refractivity contribution < 1.29 is 52.0 Å². The summed E-state index contributed by atoms with van der Waals surface area (Å²) in [6.45, 7) is -1.71. The quantitative estimate of drug-likeness (QED) is 0.120. The second kappa shape index (κ2) is 10.5. The summed E-state index contributed by atoms with van der Waals surface area (Å²) < 4.78 is 55.3.